The SMILES string of the molecule is Cc1c2nc3ccccc3oc-2c(-c2ccc(C3=CCN(C(=O)O)CC3)cc2)c(=O)c1C. The molecule has 2 aromatic carbocycles. The van der Waals surface area contributed by atoms with E-state index in [4.69, 9.17) is 14.5 Å². The third kappa shape index (κ3) is 3.24. The minimum atomic E-state index is -0.898. The molecule has 6 heteroatoms. The van der Waals surface area contributed by atoms with Crippen molar-refractivity contribution in [1.82, 2.24) is 9.88 Å². The van der Waals surface area contributed by atoms with Crippen LogP contribution in [0.25, 0.3) is 39.3 Å². The van der Waals surface area contributed by atoms with Crippen LogP contribution in [0.1, 0.15) is 23.1 Å². The first kappa shape index (κ1) is 20.0. The number of aromatic nitrogens is 1. The first-order valence-electron chi connectivity index (χ1n) is 10.5. The average molecular weight is 426 g/mol. The maximum Gasteiger partial charge on any atom is 0.407 e. The van der Waals surface area contributed by atoms with Crippen LogP contribution in [0.5, 0.6) is 0 Å². The highest BCUT2D eigenvalue weighted by atomic mass is 16.4. The van der Waals surface area contributed by atoms with Crippen LogP contribution in [0, 0.1) is 13.8 Å². The molecule has 0 aromatic heterocycles. The fraction of sp³-hybridized carbons (Fsp3) is 0.192. The van der Waals surface area contributed by atoms with Gasteiger partial charge in [0, 0.05) is 18.7 Å². The molecule has 1 N–H and O–H groups in total. The summed E-state index contributed by atoms with van der Waals surface area (Å²) in [4.78, 5) is 30.6. The zero-order valence-corrected chi connectivity index (χ0v) is 17.9. The van der Waals surface area contributed by atoms with Crippen LogP contribution in [0.3, 0.4) is 0 Å². The highest BCUT2D eigenvalue weighted by Crippen LogP contribution is 2.36. The highest BCUT2D eigenvalue weighted by Gasteiger charge is 2.24. The molecule has 0 spiro atoms. The monoisotopic (exact) mass is 426 g/mol. The van der Waals surface area contributed by atoms with E-state index in [-0.39, 0.29) is 5.43 Å². The molecule has 0 radical (unpaired) electrons. The maximum atomic E-state index is 13.3. The van der Waals surface area contributed by atoms with Gasteiger partial charge in [0.1, 0.15) is 11.2 Å². The summed E-state index contributed by atoms with van der Waals surface area (Å²) in [5, 5.41) is 9.13. The molecule has 0 saturated heterocycles. The van der Waals surface area contributed by atoms with Crippen LogP contribution in [0.2, 0.25) is 0 Å². The predicted molar refractivity (Wildman–Crippen MR) is 124 cm³/mol. The average Bonchev–Trinajstić information content (AvgIpc) is 2.82. The summed E-state index contributed by atoms with van der Waals surface area (Å²) in [5.74, 6) is 0.499. The highest BCUT2D eigenvalue weighted by molar-refractivity contribution is 5.86. The second-order valence-electron chi connectivity index (χ2n) is 8.10. The van der Waals surface area contributed by atoms with Crippen molar-refractivity contribution in [3.63, 3.8) is 0 Å². The largest absolute Gasteiger partial charge is 0.465 e. The zero-order valence-electron chi connectivity index (χ0n) is 17.9. The van der Waals surface area contributed by atoms with Crippen LogP contribution >= 0.6 is 0 Å². The zero-order chi connectivity index (χ0) is 22.4. The van der Waals surface area contributed by atoms with Gasteiger partial charge in [-0.2, -0.15) is 0 Å². The van der Waals surface area contributed by atoms with Crippen molar-refractivity contribution >= 4 is 22.8 Å². The van der Waals surface area contributed by atoms with E-state index in [2.05, 4.69) is 0 Å². The van der Waals surface area contributed by atoms with Crippen LogP contribution in [0.4, 0.5) is 4.79 Å². The van der Waals surface area contributed by atoms with Crippen LogP contribution in [-0.4, -0.2) is 34.2 Å². The number of hydrogen-bond donors (Lipinski definition) is 1. The molecule has 2 aliphatic heterocycles. The third-order valence-electron chi connectivity index (χ3n) is 6.26. The number of carbonyl (C=O) groups is 1. The molecule has 3 aliphatic rings. The molecule has 32 heavy (non-hydrogen) atoms. The van der Waals surface area contributed by atoms with Gasteiger partial charge >= 0.3 is 6.09 Å². The van der Waals surface area contributed by atoms with E-state index in [1.807, 2.05) is 68.5 Å². The lowest BCUT2D eigenvalue weighted by atomic mass is 9.92. The van der Waals surface area contributed by atoms with E-state index in [1.165, 1.54) is 4.90 Å². The number of hydrogen-bond acceptors (Lipinski definition) is 4. The quantitative estimate of drug-likeness (QED) is 0.437. The minimum absolute atomic E-state index is 0.0578. The van der Waals surface area contributed by atoms with E-state index in [9.17, 15) is 9.59 Å². The van der Waals surface area contributed by atoms with Crippen molar-refractivity contribution < 1.29 is 14.3 Å². The topological polar surface area (TPSA) is 83.6 Å². The van der Waals surface area contributed by atoms with Gasteiger partial charge in [0.2, 0.25) is 0 Å². The van der Waals surface area contributed by atoms with Gasteiger partial charge in [-0.1, -0.05) is 42.5 Å². The van der Waals surface area contributed by atoms with Crippen molar-refractivity contribution in [2.75, 3.05) is 13.1 Å². The number of nitrogens with zero attached hydrogens (tertiary/aromatic N) is 2. The number of fused-ring (bicyclic) bond motifs is 2. The number of rotatable bonds is 2. The standard InChI is InChI=1S/C26H22N2O4/c1-15-16(2)24(29)22(25-23(15)27-20-5-3-4-6-21(20)32-25)19-9-7-17(8-10-19)18-11-13-28(14-12-18)26(30)31/h3-11H,12-14H2,1-2H3,(H,30,31). The summed E-state index contributed by atoms with van der Waals surface area (Å²) in [6.07, 6.45) is 1.71. The Bertz CT molecular complexity index is 1420. The summed E-state index contributed by atoms with van der Waals surface area (Å²) >= 11 is 0. The van der Waals surface area contributed by atoms with Gasteiger partial charge in [-0.25, -0.2) is 9.78 Å². The fourth-order valence-corrected chi connectivity index (χ4v) is 4.25. The Balaban J connectivity index is 1.61. The first-order chi connectivity index (χ1) is 15.4. The van der Waals surface area contributed by atoms with Crippen molar-refractivity contribution in [1.29, 1.82) is 0 Å². The van der Waals surface area contributed by atoms with Crippen LogP contribution < -0.4 is 5.43 Å². The van der Waals surface area contributed by atoms with Crippen molar-refractivity contribution in [2.45, 2.75) is 20.3 Å². The number of para-hydroxylation sites is 2. The Kier molecular flexibility index (Phi) is 4.78. The van der Waals surface area contributed by atoms with E-state index in [0.29, 0.717) is 47.7 Å². The molecule has 0 saturated carbocycles. The Morgan fingerprint density at radius 1 is 1.03 bits per heavy atom. The van der Waals surface area contributed by atoms with E-state index >= 15 is 0 Å². The summed E-state index contributed by atoms with van der Waals surface area (Å²) in [7, 11) is 0. The Morgan fingerprint density at radius 3 is 2.44 bits per heavy atom. The summed E-state index contributed by atoms with van der Waals surface area (Å²) < 4.78 is 6.19. The molecule has 6 nitrogen and oxygen atoms in total. The molecule has 160 valence electrons. The van der Waals surface area contributed by atoms with Crippen molar-refractivity contribution in [3.8, 4) is 22.6 Å². The van der Waals surface area contributed by atoms with Crippen molar-refractivity contribution in [2.24, 2.45) is 0 Å². The number of benzene rings is 3. The predicted octanol–water partition coefficient (Wildman–Crippen LogP) is 5.34. The molecule has 0 bridgehead atoms. The van der Waals surface area contributed by atoms with E-state index < -0.39 is 6.09 Å². The minimum Gasteiger partial charge on any atom is -0.465 e. The summed E-state index contributed by atoms with van der Waals surface area (Å²) in [6, 6.07) is 15.4. The molecule has 0 fully saturated rings. The third-order valence-corrected chi connectivity index (χ3v) is 6.26. The molecular formula is C26H22N2O4. The van der Waals surface area contributed by atoms with Gasteiger partial charge in [0.25, 0.3) is 0 Å². The molecule has 0 atom stereocenters. The van der Waals surface area contributed by atoms with Crippen LogP contribution in [-0.2, 0) is 0 Å². The first-order valence-corrected chi connectivity index (χ1v) is 10.5. The second-order valence-corrected chi connectivity index (χ2v) is 8.10. The van der Waals surface area contributed by atoms with Gasteiger partial charge in [0.15, 0.2) is 16.8 Å². The fourth-order valence-electron chi connectivity index (χ4n) is 4.25. The molecule has 0 unspecified atom stereocenters. The smallest absolute Gasteiger partial charge is 0.407 e. The maximum absolute atomic E-state index is 13.3. The Labute approximate surface area is 184 Å². The normalized spacial score (nSPS) is 14.1. The second kappa shape index (κ2) is 7.64. The molecule has 5 rings (SSSR count). The number of amides is 1. The lowest BCUT2D eigenvalue weighted by molar-refractivity contribution is 0.150. The molecular weight excluding hydrogens is 404 g/mol. The van der Waals surface area contributed by atoms with Crippen LogP contribution in [0.15, 0.2) is 63.8 Å². The molecule has 1 aliphatic carbocycles. The molecule has 2 heterocycles. The van der Waals surface area contributed by atoms with Gasteiger partial charge < -0.3 is 14.4 Å². The molecule has 1 amide bonds. The van der Waals surface area contributed by atoms with Gasteiger partial charge in [-0.05, 0) is 54.7 Å². The summed E-state index contributed by atoms with van der Waals surface area (Å²) in [6.45, 7) is 4.59. The van der Waals surface area contributed by atoms with Gasteiger partial charge in [-0.3, -0.25) is 4.79 Å². The van der Waals surface area contributed by atoms with Crippen molar-refractivity contribution in [3.05, 3.63) is 81.5 Å². The Hall–Kier alpha value is -3.93. The number of carboxylic acid groups (broad SMARTS) is 1. The van der Waals surface area contributed by atoms with Gasteiger partial charge in [-0.15, -0.1) is 0 Å². The van der Waals surface area contributed by atoms with E-state index in [1.54, 1.807) is 0 Å². The Morgan fingerprint density at radius 2 is 1.75 bits per heavy atom. The van der Waals surface area contributed by atoms with E-state index in [0.717, 1.165) is 27.8 Å². The summed E-state index contributed by atoms with van der Waals surface area (Å²) in [5.41, 5.74) is 6.95. The molecule has 2 aromatic rings. The lowest BCUT2D eigenvalue weighted by Gasteiger charge is -2.24. The lowest BCUT2D eigenvalue weighted by Crippen LogP contribution is -2.33. The van der Waals surface area contributed by atoms with Gasteiger partial charge in [0.05, 0.1) is 5.56 Å².